The average molecular weight is 440 g/mol. The summed E-state index contributed by atoms with van der Waals surface area (Å²) in [6.07, 6.45) is -11.7. The molecule has 146 valence electrons. The molecule has 0 heterocycles. The van der Waals surface area contributed by atoms with Crippen LogP contribution in [0.25, 0.3) is 0 Å². The van der Waals surface area contributed by atoms with Gasteiger partial charge >= 0.3 is 26.4 Å². The summed E-state index contributed by atoms with van der Waals surface area (Å²) >= 11 is 0. The van der Waals surface area contributed by atoms with Crippen LogP contribution in [0.4, 0.5) is 39.5 Å². The van der Waals surface area contributed by atoms with Crippen LogP contribution in [0.1, 0.15) is 0 Å². The van der Waals surface area contributed by atoms with E-state index in [0.29, 0.717) is 0 Å². The lowest BCUT2D eigenvalue weighted by Gasteiger charge is -1.96. The van der Waals surface area contributed by atoms with Gasteiger partial charge in [-0.25, -0.2) is 4.57 Å². The average Bonchev–Trinajstić information content (AvgIpc) is 2.25. The first-order chi connectivity index (χ1) is 9.68. The largest absolute Gasteiger partial charge is 0.466 e. The van der Waals surface area contributed by atoms with Gasteiger partial charge in [0.05, 0.1) is 0 Å². The van der Waals surface area contributed by atoms with Crippen LogP contribution in [0.2, 0.25) is 18.1 Å². The fourth-order valence-electron chi connectivity index (χ4n) is 0. The highest BCUT2D eigenvalue weighted by atomic mass is 31.2. The van der Waals surface area contributed by atoms with Crippen molar-refractivity contribution < 1.29 is 58.8 Å². The lowest BCUT2D eigenvalue weighted by molar-refractivity contribution is -0.110. The van der Waals surface area contributed by atoms with Gasteiger partial charge in [-0.1, -0.05) is 0 Å². The molecule has 0 saturated carbocycles. The summed E-state index contributed by atoms with van der Waals surface area (Å²) in [6.45, 7) is 0. The maximum absolute atomic E-state index is 10.8. The minimum atomic E-state index is -4.64. The summed E-state index contributed by atoms with van der Waals surface area (Å²) in [5, 5.41) is 0. The van der Waals surface area contributed by atoms with Crippen LogP contribution in [0.5, 0.6) is 0 Å². The first kappa shape index (κ1) is 31.0. The fraction of sp³-hybridized carbons (Fsp3) is 1.00. The van der Waals surface area contributed by atoms with Gasteiger partial charge in [-0.2, -0.15) is 39.5 Å². The van der Waals surface area contributed by atoms with Gasteiger partial charge in [-0.15, -0.1) is 0 Å². The molecule has 0 fully saturated rings. The van der Waals surface area contributed by atoms with E-state index in [0.717, 1.165) is 0 Å². The van der Waals surface area contributed by atoms with Crippen molar-refractivity contribution in [2.45, 2.75) is 36.7 Å². The Bertz CT molecular complexity index is 272. The molecule has 0 rings (SSSR count). The van der Waals surface area contributed by atoms with Gasteiger partial charge in [0.15, 0.2) is 0 Å². The van der Waals surface area contributed by atoms with Crippen molar-refractivity contribution >= 4 is 38.6 Å². The maximum Gasteiger partial charge on any atom is 0.466 e. The molecule has 0 bridgehead atoms. The van der Waals surface area contributed by atoms with E-state index in [2.05, 4.69) is 0 Å². The Kier molecular flexibility index (Phi) is 18.1. The van der Waals surface area contributed by atoms with Crippen molar-refractivity contribution in [2.75, 3.05) is 0 Å². The quantitative estimate of drug-likeness (QED) is 0.283. The van der Waals surface area contributed by atoms with Crippen LogP contribution < -0.4 is 0 Å². The van der Waals surface area contributed by atoms with Crippen molar-refractivity contribution in [3.8, 4) is 0 Å². The van der Waals surface area contributed by atoms with Crippen molar-refractivity contribution in [3.63, 3.8) is 0 Å². The third kappa shape index (κ3) is 108. The molecule has 0 spiro atoms. The Labute approximate surface area is 135 Å². The van der Waals surface area contributed by atoms with E-state index in [1.807, 2.05) is 0 Å². The molecule has 0 aliphatic carbocycles. The van der Waals surface area contributed by atoms with E-state index >= 15 is 0 Å². The van der Waals surface area contributed by atoms with E-state index in [9.17, 15) is 39.5 Å². The lowest BCUT2D eigenvalue weighted by Crippen LogP contribution is -2.03. The molecule has 0 aromatic carbocycles. The number of alkyl halides is 9. The second-order valence-electron chi connectivity index (χ2n) is 3.42. The Morgan fingerprint density at radius 3 is 0.652 bits per heavy atom. The Morgan fingerprint density at radius 1 is 0.609 bits per heavy atom. The van der Waals surface area contributed by atoms with Crippen molar-refractivity contribution in [1.82, 2.24) is 0 Å². The first-order valence-corrected chi connectivity index (χ1v) is 11.5. The Morgan fingerprint density at radius 2 is 0.652 bits per heavy atom. The molecule has 0 amide bonds. The highest BCUT2D eigenvalue weighted by molar-refractivity contribution is 7.45. The minimum absolute atomic E-state index is 0.223. The summed E-state index contributed by atoms with van der Waals surface area (Å²) in [5.41, 5.74) is 0. The van der Waals surface area contributed by atoms with Gasteiger partial charge in [0.2, 0.25) is 0 Å². The molecular formula is C6H18F9O4PSi3. The fourth-order valence-corrected chi connectivity index (χ4v) is 0. The van der Waals surface area contributed by atoms with Crippen LogP contribution in [-0.4, -0.2) is 63.9 Å². The Balaban J connectivity index is -0.000000105. The topological polar surface area (TPSA) is 77.8 Å². The lowest BCUT2D eigenvalue weighted by atomic mass is 10.8. The number of hydrogen-bond donors (Lipinski definition) is 3. The van der Waals surface area contributed by atoms with Crippen LogP contribution in [0, 0.1) is 0 Å². The summed E-state index contributed by atoms with van der Waals surface area (Å²) in [7, 11) is -3.97. The molecule has 0 saturated heterocycles. The number of phosphoric acid groups is 1. The highest BCUT2D eigenvalue weighted by Crippen LogP contribution is 2.25. The Hall–Kier alpha value is 0.131. The summed E-state index contributed by atoms with van der Waals surface area (Å²) in [4.78, 5) is 21.6. The summed E-state index contributed by atoms with van der Waals surface area (Å²) in [6, 6.07) is -1.77. The van der Waals surface area contributed by atoms with Crippen molar-refractivity contribution in [3.05, 3.63) is 0 Å². The van der Waals surface area contributed by atoms with E-state index < -0.39 is 44.5 Å². The molecule has 0 aromatic rings. The van der Waals surface area contributed by atoms with Crippen LogP contribution in [0.15, 0.2) is 0 Å². The SMILES string of the molecule is FC(F)(F)C[SiH3].FC(F)(F)C[SiH3].FC(F)(F)C[SiH3].O=P(O)(O)O. The highest BCUT2D eigenvalue weighted by Gasteiger charge is 2.23. The second kappa shape index (κ2) is 13.4. The van der Waals surface area contributed by atoms with Gasteiger partial charge in [0.1, 0.15) is 0 Å². The molecule has 4 nitrogen and oxygen atoms in total. The molecule has 0 aliphatic heterocycles. The molecular weight excluding hydrogens is 422 g/mol. The predicted molar refractivity (Wildman–Crippen MR) is 76.7 cm³/mol. The van der Waals surface area contributed by atoms with Gasteiger partial charge in [0.25, 0.3) is 0 Å². The van der Waals surface area contributed by atoms with E-state index in [1.54, 1.807) is 0 Å². The van der Waals surface area contributed by atoms with E-state index in [4.69, 9.17) is 19.2 Å². The molecule has 0 atom stereocenters. The van der Waals surface area contributed by atoms with Crippen LogP contribution in [0.3, 0.4) is 0 Å². The standard InChI is InChI=1S/3C2H5F3Si.H3O4P/c3*3-2(4,5)1-6;1-5(2,3)4/h3*1H2,6H3;(H3,1,2,3,4). The van der Waals surface area contributed by atoms with Crippen LogP contribution in [-0.2, 0) is 4.57 Å². The monoisotopic (exact) mass is 440 g/mol. The number of hydrogen-bond acceptors (Lipinski definition) is 1. The van der Waals surface area contributed by atoms with Crippen LogP contribution >= 0.6 is 7.82 Å². The molecule has 3 N–H and O–H groups in total. The smallest absolute Gasteiger partial charge is 0.303 e. The van der Waals surface area contributed by atoms with E-state index in [-0.39, 0.29) is 30.7 Å². The van der Waals surface area contributed by atoms with Gasteiger partial charge in [-0.3, -0.25) is 0 Å². The molecule has 0 unspecified atom stereocenters. The van der Waals surface area contributed by atoms with Crippen molar-refractivity contribution in [2.24, 2.45) is 0 Å². The van der Waals surface area contributed by atoms with Gasteiger partial charge < -0.3 is 14.7 Å². The zero-order valence-electron chi connectivity index (χ0n) is 12.2. The third-order valence-electron chi connectivity index (χ3n) is 1.20. The summed E-state index contributed by atoms with van der Waals surface area (Å²) in [5.74, 6) is 0. The summed E-state index contributed by atoms with van der Waals surface area (Å²) < 4.78 is 106. The number of rotatable bonds is 0. The first-order valence-electron chi connectivity index (χ1n) is 5.67. The third-order valence-corrected chi connectivity index (χ3v) is 3.61. The molecule has 0 aromatic heterocycles. The van der Waals surface area contributed by atoms with Crippen molar-refractivity contribution in [1.29, 1.82) is 0 Å². The predicted octanol–water partition coefficient (Wildman–Crippen LogP) is 0.0686. The minimum Gasteiger partial charge on any atom is -0.303 e. The molecule has 0 radical (unpaired) electrons. The number of halogens is 9. The van der Waals surface area contributed by atoms with E-state index in [1.165, 1.54) is 0 Å². The zero-order chi connectivity index (χ0) is 20.1. The normalized spacial score (nSPS) is 12.3. The molecule has 23 heavy (non-hydrogen) atoms. The molecule has 0 aliphatic rings. The van der Waals surface area contributed by atoms with Gasteiger partial charge in [0, 0.05) is 48.9 Å². The maximum atomic E-state index is 10.8. The molecule has 17 heteroatoms. The zero-order valence-corrected chi connectivity index (χ0v) is 19.1. The second-order valence-corrected chi connectivity index (χ2v) is 6.57. The van der Waals surface area contributed by atoms with Gasteiger partial charge in [-0.05, 0) is 0 Å².